The summed E-state index contributed by atoms with van der Waals surface area (Å²) in [5.41, 5.74) is 1.25. The fraction of sp³-hybridized carbons (Fsp3) is 0.261. The van der Waals surface area contributed by atoms with E-state index in [0.29, 0.717) is 37.8 Å². The Morgan fingerprint density at radius 3 is 2.66 bits per heavy atom. The number of nitrogens with zero attached hydrogens (tertiary/aromatic N) is 3. The van der Waals surface area contributed by atoms with Gasteiger partial charge in [0.1, 0.15) is 28.0 Å². The molecule has 0 unspecified atom stereocenters. The van der Waals surface area contributed by atoms with Gasteiger partial charge in [-0.1, -0.05) is 23.7 Å². The van der Waals surface area contributed by atoms with Crippen LogP contribution in [0.3, 0.4) is 0 Å². The fourth-order valence-corrected chi connectivity index (χ4v) is 4.41. The molecule has 4 rings (SSSR count). The van der Waals surface area contributed by atoms with E-state index >= 15 is 0 Å². The molecule has 1 aromatic heterocycles. The molecule has 0 saturated heterocycles. The average Bonchev–Trinajstić information content (AvgIpc) is 3.17. The summed E-state index contributed by atoms with van der Waals surface area (Å²) in [5, 5.41) is 1.32. The first kappa shape index (κ1) is 22.1. The van der Waals surface area contributed by atoms with E-state index in [2.05, 4.69) is 4.98 Å². The summed E-state index contributed by atoms with van der Waals surface area (Å²) in [7, 11) is 3.33. The van der Waals surface area contributed by atoms with Gasteiger partial charge < -0.3 is 14.4 Å². The van der Waals surface area contributed by atoms with Gasteiger partial charge in [-0.15, -0.1) is 11.3 Å². The number of hydrogen-bond donors (Lipinski definition) is 0. The van der Waals surface area contributed by atoms with Crippen LogP contribution in [0.25, 0.3) is 0 Å². The molecule has 1 atom stereocenters. The third-order valence-corrected chi connectivity index (χ3v) is 6.32. The molecule has 0 bridgehead atoms. The number of halogens is 1. The van der Waals surface area contributed by atoms with Crippen molar-refractivity contribution >= 4 is 40.4 Å². The van der Waals surface area contributed by atoms with E-state index in [4.69, 9.17) is 21.1 Å². The summed E-state index contributed by atoms with van der Waals surface area (Å²) >= 11 is 7.19. The minimum absolute atomic E-state index is 0.126. The number of anilines is 1. The molecule has 1 aliphatic heterocycles. The second-order valence-corrected chi connectivity index (χ2v) is 9.01. The Morgan fingerprint density at radius 1 is 1.22 bits per heavy atom. The number of aromatic nitrogens is 1. The molecule has 2 aromatic carbocycles. The first-order valence-electron chi connectivity index (χ1n) is 9.97. The monoisotopic (exact) mass is 471 g/mol. The number of amides is 2. The van der Waals surface area contributed by atoms with Crippen LogP contribution in [0.4, 0.5) is 5.69 Å². The molecule has 9 heteroatoms. The minimum Gasteiger partial charge on any atom is -0.486 e. The Hall–Kier alpha value is -3.10. The molecule has 166 valence electrons. The third-order valence-electron chi connectivity index (χ3n) is 4.95. The Kier molecular flexibility index (Phi) is 6.34. The maximum atomic E-state index is 13.5. The largest absolute Gasteiger partial charge is 0.486 e. The highest BCUT2D eigenvalue weighted by atomic mass is 35.5. The maximum absolute atomic E-state index is 13.5. The summed E-state index contributed by atoms with van der Waals surface area (Å²) < 4.78 is 11.6. The van der Waals surface area contributed by atoms with Crippen LogP contribution in [0.15, 0.2) is 48.5 Å². The standard InChI is InChI=1S/C23H22ClN3O4S/c1-14-21(32-20(25-14)13-30-16-10-8-15(24)9-11-16)23(29)27-12-19(22(28)26(2)3)31-18-7-5-4-6-17(18)27/h4-11,19H,12-13H2,1-3H3/t19-/m1/s1. The van der Waals surface area contributed by atoms with Crippen LogP contribution >= 0.6 is 22.9 Å². The molecule has 32 heavy (non-hydrogen) atoms. The number of likely N-dealkylation sites (N-methyl/N-ethyl adjacent to an activating group) is 1. The number of benzene rings is 2. The first-order chi connectivity index (χ1) is 15.3. The topological polar surface area (TPSA) is 72.0 Å². The first-order valence-corrected chi connectivity index (χ1v) is 11.2. The van der Waals surface area contributed by atoms with E-state index in [-0.39, 0.29) is 25.0 Å². The lowest BCUT2D eigenvalue weighted by atomic mass is 10.1. The van der Waals surface area contributed by atoms with Crippen LogP contribution in [0, 0.1) is 6.92 Å². The van der Waals surface area contributed by atoms with Crippen molar-refractivity contribution in [2.24, 2.45) is 0 Å². The zero-order valence-corrected chi connectivity index (χ0v) is 19.4. The molecule has 0 aliphatic carbocycles. The number of aryl methyl sites for hydroxylation is 1. The number of fused-ring (bicyclic) bond motifs is 1. The van der Waals surface area contributed by atoms with Crippen LogP contribution in [0.2, 0.25) is 5.02 Å². The number of hydrogen-bond acceptors (Lipinski definition) is 6. The summed E-state index contributed by atoms with van der Waals surface area (Å²) in [4.78, 5) is 34.1. The van der Waals surface area contributed by atoms with Crippen LogP contribution in [0.1, 0.15) is 20.4 Å². The highest BCUT2D eigenvalue weighted by Crippen LogP contribution is 2.35. The third kappa shape index (κ3) is 4.56. The van der Waals surface area contributed by atoms with E-state index in [1.54, 1.807) is 56.3 Å². The van der Waals surface area contributed by atoms with Crippen molar-refractivity contribution in [3.05, 3.63) is 69.1 Å². The van der Waals surface area contributed by atoms with Crippen molar-refractivity contribution < 1.29 is 19.1 Å². The van der Waals surface area contributed by atoms with Crippen molar-refractivity contribution in [1.29, 1.82) is 0 Å². The zero-order chi connectivity index (χ0) is 22.8. The predicted octanol–water partition coefficient (Wildman–Crippen LogP) is 4.18. The van der Waals surface area contributed by atoms with Crippen molar-refractivity contribution in [2.75, 3.05) is 25.5 Å². The fourth-order valence-electron chi connectivity index (χ4n) is 3.35. The highest BCUT2D eigenvalue weighted by molar-refractivity contribution is 7.13. The molecule has 0 fully saturated rings. The Morgan fingerprint density at radius 2 is 1.94 bits per heavy atom. The Labute approximate surface area is 195 Å². The van der Waals surface area contributed by atoms with Crippen LogP contribution in [-0.2, 0) is 11.4 Å². The number of carbonyl (C=O) groups is 2. The molecule has 0 saturated carbocycles. The van der Waals surface area contributed by atoms with Gasteiger partial charge in [-0.25, -0.2) is 4.98 Å². The van der Waals surface area contributed by atoms with Crippen molar-refractivity contribution in [3.8, 4) is 11.5 Å². The average molecular weight is 472 g/mol. The number of para-hydroxylation sites is 2. The zero-order valence-electron chi connectivity index (χ0n) is 17.9. The molecule has 2 heterocycles. The van der Waals surface area contributed by atoms with Gasteiger partial charge in [-0.2, -0.15) is 0 Å². The molecule has 1 aliphatic rings. The number of thiazole rings is 1. The van der Waals surface area contributed by atoms with E-state index in [1.807, 2.05) is 18.2 Å². The Bertz CT molecular complexity index is 1150. The lowest BCUT2D eigenvalue weighted by Gasteiger charge is -2.34. The van der Waals surface area contributed by atoms with Crippen molar-refractivity contribution in [3.63, 3.8) is 0 Å². The number of ether oxygens (including phenoxy) is 2. The van der Waals surface area contributed by atoms with Gasteiger partial charge in [-0.05, 0) is 43.3 Å². The summed E-state index contributed by atoms with van der Waals surface area (Å²) in [6.07, 6.45) is -0.773. The summed E-state index contributed by atoms with van der Waals surface area (Å²) in [6, 6.07) is 14.3. The van der Waals surface area contributed by atoms with Crippen LogP contribution < -0.4 is 14.4 Å². The highest BCUT2D eigenvalue weighted by Gasteiger charge is 2.36. The molecule has 7 nitrogen and oxygen atoms in total. The molecule has 0 N–H and O–H groups in total. The van der Waals surface area contributed by atoms with Gasteiger partial charge in [0, 0.05) is 19.1 Å². The number of carbonyl (C=O) groups excluding carboxylic acids is 2. The second-order valence-electron chi connectivity index (χ2n) is 7.49. The van der Waals surface area contributed by atoms with Gasteiger partial charge in [0.2, 0.25) is 0 Å². The predicted molar refractivity (Wildman–Crippen MR) is 124 cm³/mol. The van der Waals surface area contributed by atoms with E-state index in [9.17, 15) is 9.59 Å². The minimum atomic E-state index is -0.773. The molecule has 0 radical (unpaired) electrons. The second kappa shape index (κ2) is 9.18. The van der Waals surface area contributed by atoms with Gasteiger partial charge in [0.15, 0.2) is 6.10 Å². The molecular formula is C23H22ClN3O4S. The normalized spacial score (nSPS) is 15.0. The van der Waals surface area contributed by atoms with E-state index in [0.717, 1.165) is 0 Å². The summed E-state index contributed by atoms with van der Waals surface area (Å²) in [6.45, 7) is 2.16. The van der Waals surface area contributed by atoms with E-state index in [1.165, 1.54) is 16.2 Å². The lowest BCUT2D eigenvalue weighted by Crippen LogP contribution is -2.50. The lowest BCUT2D eigenvalue weighted by molar-refractivity contribution is -0.135. The van der Waals surface area contributed by atoms with Gasteiger partial charge >= 0.3 is 0 Å². The van der Waals surface area contributed by atoms with Crippen LogP contribution in [-0.4, -0.2) is 48.4 Å². The SMILES string of the molecule is Cc1nc(COc2ccc(Cl)cc2)sc1C(=O)N1C[C@H](C(=O)N(C)C)Oc2ccccc21. The Balaban J connectivity index is 1.56. The van der Waals surface area contributed by atoms with Gasteiger partial charge in [-0.3, -0.25) is 14.5 Å². The van der Waals surface area contributed by atoms with Crippen molar-refractivity contribution in [1.82, 2.24) is 9.88 Å². The quantitative estimate of drug-likeness (QED) is 0.558. The van der Waals surface area contributed by atoms with Gasteiger partial charge in [0.25, 0.3) is 11.8 Å². The molecule has 2 amide bonds. The van der Waals surface area contributed by atoms with Gasteiger partial charge in [0.05, 0.1) is 17.9 Å². The van der Waals surface area contributed by atoms with Crippen molar-refractivity contribution in [2.45, 2.75) is 19.6 Å². The summed E-state index contributed by atoms with van der Waals surface area (Å²) in [5.74, 6) is 0.753. The number of rotatable bonds is 5. The van der Waals surface area contributed by atoms with E-state index < -0.39 is 6.10 Å². The molecule has 0 spiro atoms. The van der Waals surface area contributed by atoms with Crippen LogP contribution in [0.5, 0.6) is 11.5 Å². The molecular weight excluding hydrogens is 450 g/mol. The smallest absolute Gasteiger partial charge is 0.270 e. The maximum Gasteiger partial charge on any atom is 0.270 e. The molecule has 3 aromatic rings.